The zero-order valence-electron chi connectivity index (χ0n) is 18.2. The van der Waals surface area contributed by atoms with Gasteiger partial charge in [-0.2, -0.15) is 0 Å². The third kappa shape index (κ3) is 7.86. The summed E-state index contributed by atoms with van der Waals surface area (Å²) in [5.74, 6) is 0.0440. The standard InChI is InChI=1S/C24H30ClFN2O2S/c1-4-22(24(30)27-13-17(2)3)28(14-18-9-6-5-7-10-18)23(29)16-31-15-19-20(25)11-8-12-21(19)26/h5-12,17,22H,4,13-16H2,1-3H3,(H,27,30)/t22-/m1/s1. The first-order chi connectivity index (χ1) is 14.8. The summed E-state index contributed by atoms with van der Waals surface area (Å²) in [4.78, 5) is 27.6. The lowest BCUT2D eigenvalue weighted by molar-refractivity contribution is -0.139. The highest BCUT2D eigenvalue weighted by atomic mass is 35.5. The molecule has 0 aliphatic rings. The number of hydrogen-bond acceptors (Lipinski definition) is 3. The number of nitrogens with one attached hydrogen (secondary N) is 1. The maximum absolute atomic E-state index is 14.0. The van der Waals surface area contributed by atoms with Gasteiger partial charge < -0.3 is 10.2 Å². The number of rotatable bonds is 11. The van der Waals surface area contributed by atoms with Crippen molar-refractivity contribution in [2.45, 2.75) is 45.5 Å². The van der Waals surface area contributed by atoms with Crippen molar-refractivity contribution in [1.29, 1.82) is 0 Å². The van der Waals surface area contributed by atoms with Gasteiger partial charge in [-0.25, -0.2) is 4.39 Å². The van der Waals surface area contributed by atoms with E-state index in [1.54, 1.807) is 17.0 Å². The molecule has 2 aromatic rings. The molecule has 2 amide bonds. The fourth-order valence-electron chi connectivity index (χ4n) is 3.12. The Morgan fingerprint density at radius 2 is 1.84 bits per heavy atom. The van der Waals surface area contributed by atoms with Crippen molar-refractivity contribution >= 4 is 35.2 Å². The van der Waals surface area contributed by atoms with Crippen LogP contribution in [0.2, 0.25) is 5.02 Å². The molecule has 7 heteroatoms. The highest BCUT2D eigenvalue weighted by molar-refractivity contribution is 7.99. The number of carbonyl (C=O) groups is 2. The summed E-state index contributed by atoms with van der Waals surface area (Å²) >= 11 is 7.38. The summed E-state index contributed by atoms with van der Waals surface area (Å²) < 4.78 is 14.0. The minimum Gasteiger partial charge on any atom is -0.354 e. The van der Waals surface area contributed by atoms with Gasteiger partial charge in [0.25, 0.3) is 0 Å². The maximum atomic E-state index is 14.0. The van der Waals surface area contributed by atoms with Crippen LogP contribution < -0.4 is 5.32 Å². The molecule has 0 unspecified atom stereocenters. The van der Waals surface area contributed by atoms with Gasteiger partial charge in [-0.15, -0.1) is 11.8 Å². The number of amides is 2. The fourth-order valence-corrected chi connectivity index (χ4v) is 4.36. The second-order valence-corrected chi connectivity index (χ2v) is 9.16. The van der Waals surface area contributed by atoms with Crippen LogP contribution in [0.3, 0.4) is 0 Å². The molecule has 0 spiro atoms. The number of nitrogens with zero attached hydrogens (tertiary/aromatic N) is 1. The van der Waals surface area contributed by atoms with Gasteiger partial charge in [-0.3, -0.25) is 9.59 Å². The Hall–Kier alpha value is -2.05. The van der Waals surface area contributed by atoms with E-state index in [9.17, 15) is 14.0 Å². The third-order valence-electron chi connectivity index (χ3n) is 4.80. The molecule has 0 heterocycles. The number of halogens is 2. The van der Waals surface area contributed by atoms with Crippen molar-refractivity contribution in [3.63, 3.8) is 0 Å². The number of carbonyl (C=O) groups excluding carboxylic acids is 2. The average molecular weight is 465 g/mol. The second kappa shape index (κ2) is 12.7. The topological polar surface area (TPSA) is 49.4 Å². The van der Waals surface area contributed by atoms with Crippen molar-refractivity contribution in [1.82, 2.24) is 10.2 Å². The summed E-state index contributed by atoms with van der Waals surface area (Å²) in [6.07, 6.45) is 0.506. The Kier molecular flexibility index (Phi) is 10.3. The van der Waals surface area contributed by atoms with E-state index in [0.717, 1.165) is 5.56 Å². The Morgan fingerprint density at radius 1 is 1.13 bits per heavy atom. The molecule has 4 nitrogen and oxygen atoms in total. The molecule has 0 aliphatic carbocycles. The SMILES string of the molecule is CC[C@H](C(=O)NCC(C)C)N(Cc1ccccc1)C(=O)CSCc1c(F)cccc1Cl. The molecule has 0 saturated heterocycles. The van der Waals surface area contributed by atoms with Gasteiger partial charge in [-0.1, -0.05) is 68.8 Å². The van der Waals surface area contributed by atoms with Crippen LogP contribution in [0.15, 0.2) is 48.5 Å². The van der Waals surface area contributed by atoms with E-state index < -0.39 is 6.04 Å². The molecule has 1 N–H and O–H groups in total. The van der Waals surface area contributed by atoms with Crippen LogP contribution in [0.5, 0.6) is 0 Å². The number of benzene rings is 2. The predicted octanol–water partition coefficient (Wildman–Crippen LogP) is 5.29. The molecule has 0 saturated carbocycles. The zero-order chi connectivity index (χ0) is 22.8. The van der Waals surface area contributed by atoms with Crippen molar-refractivity contribution in [2.24, 2.45) is 5.92 Å². The molecule has 2 aromatic carbocycles. The lowest BCUT2D eigenvalue weighted by Gasteiger charge is -2.31. The minimum atomic E-state index is -0.566. The van der Waals surface area contributed by atoms with Crippen molar-refractivity contribution in [2.75, 3.05) is 12.3 Å². The van der Waals surface area contributed by atoms with Crippen LogP contribution >= 0.6 is 23.4 Å². The monoisotopic (exact) mass is 464 g/mol. The molecule has 1 atom stereocenters. The largest absolute Gasteiger partial charge is 0.354 e. The Morgan fingerprint density at radius 3 is 2.45 bits per heavy atom. The van der Waals surface area contributed by atoms with Gasteiger partial charge in [0.05, 0.1) is 5.75 Å². The van der Waals surface area contributed by atoms with Gasteiger partial charge in [-0.05, 0) is 30.0 Å². The van der Waals surface area contributed by atoms with Gasteiger partial charge >= 0.3 is 0 Å². The first kappa shape index (κ1) is 25.2. The first-order valence-electron chi connectivity index (χ1n) is 10.4. The highest BCUT2D eigenvalue weighted by Gasteiger charge is 2.28. The van der Waals surface area contributed by atoms with E-state index in [2.05, 4.69) is 5.32 Å². The number of thioether (sulfide) groups is 1. The van der Waals surface area contributed by atoms with E-state index in [1.807, 2.05) is 51.1 Å². The fraction of sp³-hybridized carbons (Fsp3) is 0.417. The van der Waals surface area contributed by atoms with Crippen LogP contribution in [-0.4, -0.2) is 35.1 Å². The molecule has 168 valence electrons. The molecule has 0 aromatic heterocycles. The van der Waals surface area contributed by atoms with E-state index >= 15 is 0 Å². The Bertz CT molecular complexity index is 844. The summed E-state index contributed by atoms with van der Waals surface area (Å²) in [6, 6.07) is 13.6. The summed E-state index contributed by atoms with van der Waals surface area (Å²) in [7, 11) is 0. The lowest BCUT2D eigenvalue weighted by atomic mass is 10.1. The van der Waals surface area contributed by atoms with E-state index in [1.165, 1.54) is 17.8 Å². The van der Waals surface area contributed by atoms with Crippen LogP contribution in [-0.2, 0) is 21.9 Å². The van der Waals surface area contributed by atoms with Crippen molar-refractivity contribution in [3.8, 4) is 0 Å². The van der Waals surface area contributed by atoms with E-state index in [-0.39, 0.29) is 29.1 Å². The van der Waals surface area contributed by atoms with Crippen LogP contribution in [0.1, 0.15) is 38.3 Å². The Balaban J connectivity index is 2.12. The normalized spacial score (nSPS) is 11.9. The van der Waals surface area contributed by atoms with E-state index in [4.69, 9.17) is 11.6 Å². The summed E-state index contributed by atoms with van der Waals surface area (Å²) in [6.45, 7) is 6.85. The molecule has 31 heavy (non-hydrogen) atoms. The third-order valence-corrected chi connectivity index (χ3v) is 6.10. The van der Waals surface area contributed by atoms with Crippen molar-refractivity contribution < 1.29 is 14.0 Å². The molecule has 2 rings (SSSR count). The van der Waals surface area contributed by atoms with Crippen LogP contribution in [0.4, 0.5) is 4.39 Å². The zero-order valence-corrected chi connectivity index (χ0v) is 19.8. The quantitative estimate of drug-likeness (QED) is 0.491. The maximum Gasteiger partial charge on any atom is 0.242 e. The van der Waals surface area contributed by atoms with Crippen LogP contribution in [0, 0.1) is 11.7 Å². The predicted molar refractivity (Wildman–Crippen MR) is 126 cm³/mol. The molecule has 0 radical (unpaired) electrons. The van der Waals surface area contributed by atoms with Gasteiger partial charge in [0.2, 0.25) is 11.8 Å². The average Bonchev–Trinajstić information content (AvgIpc) is 2.74. The van der Waals surface area contributed by atoms with Gasteiger partial charge in [0, 0.05) is 29.4 Å². The van der Waals surface area contributed by atoms with E-state index in [0.29, 0.717) is 36.0 Å². The second-order valence-electron chi connectivity index (χ2n) is 7.76. The van der Waals surface area contributed by atoms with Gasteiger partial charge in [0.1, 0.15) is 11.9 Å². The van der Waals surface area contributed by atoms with Crippen molar-refractivity contribution in [3.05, 3.63) is 70.5 Å². The minimum absolute atomic E-state index is 0.130. The summed E-state index contributed by atoms with van der Waals surface area (Å²) in [5.41, 5.74) is 1.34. The van der Waals surface area contributed by atoms with Gasteiger partial charge in [0.15, 0.2) is 0 Å². The number of hydrogen-bond donors (Lipinski definition) is 1. The van der Waals surface area contributed by atoms with Crippen LogP contribution in [0.25, 0.3) is 0 Å². The molecular weight excluding hydrogens is 435 g/mol. The first-order valence-corrected chi connectivity index (χ1v) is 12.0. The molecule has 0 fully saturated rings. The lowest BCUT2D eigenvalue weighted by Crippen LogP contribution is -2.50. The Labute approximate surface area is 193 Å². The highest BCUT2D eigenvalue weighted by Crippen LogP contribution is 2.24. The molecule has 0 aliphatic heterocycles. The molecular formula is C24H30ClFN2O2S. The smallest absolute Gasteiger partial charge is 0.242 e. The molecule has 0 bridgehead atoms. The summed E-state index contributed by atoms with van der Waals surface area (Å²) in [5, 5.41) is 3.29.